The highest BCUT2D eigenvalue weighted by Gasteiger charge is 2.17. The van der Waals surface area contributed by atoms with Gasteiger partial charge in [-0.25, -0.2) is 4.79 Å². The molecule has 1 fully saturated rings. The van der Waals surface area contributed by atoms with Gasteiger partial charge < -0.3 is 10.8 Å². The molecule has 0 radical (unpaired) electrons. The third kappa shape index (κ3) is 3.31. The lowest BCUT2D eigenvalue weighted by Gasteiger charge is -2.22. The minimum Gasteiger partial charge on any atom is -0.374 e. The second-order valence-corrected chi connectivity index (χ2v) is 3.78. The molecule has 3 heteroatoms. The van der Waals surface area contributed by atoms with Crippen molar-refractivity contribution < 1.29 is 9.90 Å². The number of aliphatic hydroxyl groups is 1. The summed E-state index contributed by atoms with van der Waals surface area (Å²) in [5.41, 5.74) is 5.55. The predicted molar refractivity (Wildman–Crippen MR) is 50.6 cm³/mol. The van der Waals surface area contributed by atoms with Gasteiger partial charge in [0.25, 0.3) is 0 Å². The molecule has 3 nitrogen and oxygen atoms in total. The van der Waals surface area contributed by atoms with Crippen molar-refractivity contribution in [2.45, 2.75) is 44.8 Å². The SMILES string of the molecule is NC(O)C(=C=O)CC1CCCCC1. The Hall–Kier alpha value is -0.630. The van der Waals surface area contributed by atoms with Gasteiger partial charge in [-0.3, -0.25) is 0 Å². The fourth-order valence-electron chi connectivity index (χ4n) is 1.93. The Morgan fingerprint density at radius 1 is 1.46 bits per heavy atom. The molecule has 0 bridgehead atoms. The molecule has 0 saturated heterocycles. The first-order chi connectivity index (χ1) is 6.24. The highest BCUT2D eigenvalue weighted by molar-refractivity contribution is 5.53. The zero-order valence-electron chi connectivity index (χ0n) is 7.83. The predicted octanol–water partition coefficient (Wildman–Crippen LogP) is 0.992. The normalized spacial score (nSPS) is 20.8. The van der Waals surface area contributed by atoms with Gasteiger partial charge in [0.15, 0.2) is 0 Å². The molecule has 0 aromatic rings. The Kier molecular flexibility index (Phi) is 4.16. The minimum atomic E-state index is -1.11. The summed E-state index contributed by atoms with van der Waals surface area (Å²) in [4.78, 5) is 10.4. The summed E-state index contributed by atoms with van der Waals surface area (Å²) in [6.45, 7) is 0. The van der Waals surface area contributed by atoms with Crippen molar-refractivity contribution in [3.05, 3.63) is 5.57 Å². The van der Waals surface area contributed by atoms with Crippen molar-refractivity contribution in [3.63, 3.8) is 0 Å². The van der Waals surface area contributed by atoms with Gasteiger partial charge >= 0.3 is 0 Å². The van der Waals surface area contributed by atoms with E-state index in [9.17, 15) is 4.79 Å². The maximum atomic E-state index is 10.4. The van der Waals surface area contributed by atoms with Crippen molar-refractivity contribution in [2.24, 2.45) is 11.7 Å². The van der Waals surface area contributed by atoms with Crippen molar-refractivity contribution in [1.82, 2.24) is 0 Å². The first-order valence-corrected chi connectivity index (χ1v) is 4.91. The summed E-state index contributed by atoms with van der Waals surface area (Å²) in [5.74, 6) is 2.27. The van der Waals surface area contributed by atoms with Crippen LogP contribution in [0.3, 0.4) is 0 Å². The van der Waals surface area contributed by atoms with Gasteiger partial charge in [0, 0.05) is 0 Å². The summed E-state index contributed by atoms with van der Waals surface area (Å²) in [7, 11) is 0. The Bertz CT molecular complexity index is 201. The topological polar surface area (TPSA) is 63.3 Å². The van der Waals surface area contributed by atoms with Crippen LogP contribution in [0.2, 0.25) is 0 Å². The number of aliphatic hydroxyl groups excluding tert-OH is 1. The smallest absolute Gasteiger partial charge is 0.135 e. The molecule has 0 amide bonds. The molecule has 0 heterocycles. The standard InChI is InChI=1S/C10H17NO2/c11-10(13)9(7-12)6-8-4-2-1-3-5-8/h8,10,13H,1-6,11H2. The number of carbonyl (C=O) groups excluding carboxylic acids is 1. The maximum absolute atomic E-state index is 10.4. The number of rotatable bonds is 3. The van der Waals surface area contributed by atoms with Crippen molar-refractivity contribution in [3.8, 4) is 0 Å². The molecule has 1 aliphatic carbocycles. The average molecular weight is 183 g/mol. The third-order valence-electron chi connectivity index (χ3n) is 2.72. The molecule has 3 N–H and O–H groups in total. The monoisotopic (exact) mass is 183 g/mol. The molecule has 0 aromatic heterocycles. The molecule has 1 aliphatic rings. The first-order valence-electron chi connectivity index (χ1n) is 4.91. The molecule has 0 aromatic carbocycles. The number of nitrogens with two attached hydrogens (primary N) is 1. The van der Waals surface area contributed by atoms with E-state index in [0.29, 0.717) is 17.9 Å². The molecule has 74 valence electrons. The van der Waals surface area contributed by atoms with Crippen LogP contribution in [0.15, 0.2) is 5.57 Å². The van der Waals surface area contributed by atoms with Crippen LogP contribution < -0.4 is 5.73 Å². The van der Waals surface area contributed by atoms with Crippen LogP contribution in [0, 0.1) is 5.92 Å². The van der Waals surface area contributed by atoms with E-state index in [1.54, 1.807) is 5.94 Å². The van der Waals surface area contributed by atoms with Gasteiger partial charge in [-0.2, -0.15) is 0 Å². The second kappa shape index (κ2) is 5.18. The van der Waals surface area contributed by atoms with Gasteiger partial charge in [0.2, 0.25) is 0 Å². The van der Waals surface area contributed by atoms with E-state index in [1.165, 1.54) is 19.3 Å². The first kappa shape index (κ1) is 10.5. The van der Waals surface area contributed by atoms with Crippen LogP contribution >= 0.6 is 0 Å². The molecule has 0 aliphatic heterocycles. The highest BCUT2D eigenvalue weighted by Crippen LogP contribution is 2.28. The molecule has 13 heavy (non-hydrogen) atoms. The summed E-state index contributed by atoms with van der Waals surface area (Å²) >= 11 is 0. The zero-order chi connectivity index (χ0) is 9.68. The Balaban J connectivity index is 2.41. The lowest BCUT2D eigenvalue weighted by molar-refractivity contribution is 0.207. The fourth-order valence-corrected chi connectivity index (χ4v) is 1.93. The largest absolute Gasteiger partial charge is 0.374 e. The van der Waals surface area contributed by atoms with E-state index in [4.69, 9.17) is 10.8 Å². The molecular weight excluding hydrogens is 166 g/mol. The number of hydrogen-bond donors (Lipinski definition) is 2. The zero-order valence-corrected chi connectivity index (χ0v) is 7.83. The number of hydrogen-bond acceptors (Lipinski definition) is 3. The van der Waals surface area contributed by atoms with Crippen LogP contribution in [0.1, 0.15) is 38.5 Å². The van der Waals surface area contributed by atoms with Crippen molar-refractivity contribution in [2.75, 3.05) is 0 Å². The molecule has 1 rings (SSSR count). The van der Waals surface area contributed by atoms with E-state index >= 15 is 0 Å². The quantitative estimate of drug-likeness (QED) is 0.506. The second-order valence-electron chi connectivity index (χ2n) is 3.78. The molecule has 0 spiro atoms. The van der Waals surface area contributed by atoms with E-state index < -0.39 is 6.23 Å². The Morgan fingerprint density at radius 2 is 2.08 bits per heavy atom. The fraction of sp³-hybridized carbons (Fsp3) is 0.800. The van der Waals surface area contributed by atoms with Crippen molar-refractivity contribution >= 4 is 5.94 Å². The van der Waals surface area contributed by atoms with E-state index in [-0.39, 0.29) is 0 Å². The van der Waals surface area contributed by atoms with Gasteiger partial charge in [0.05, 0.1) is 5.57 Å². The van der Waals surface area contributed by atoms with E-state index in [2.05, 4.69) is 0 Å². The van der Waals surface area contributed by atoms with E-state index in [1.807, 2.05) is 0 Å². The van der Waals surface area contributed by atoms with Crippen LogP contribution in [-0.4, -0.2) is 17.3 Å². The Morgan fingerprint density at radius 3 is 2.54 bits per heavy atom. The van der Waals surface area contributed by atoms with Crippen molar-refractivity contribution in [1.29, 1.82) is 0 Å². The van der Waals surface area contributed by atoms with Gasteiger partial charge in [-0.1, -0.05) is 32.1 Å². The van der Waals surface area contributed by atoms with Crippen LogP contribution in [-0.2, 0) is 4.79 Å². The van der Waals surface area contributed by atoms with Crippen LogP contribution in [0.25, 0.3) is 0 Å². The molecule has 1 unspecified atom stereocenters. The summed E-state index contributed by atoms with van der Waals surface area (Å²) in [6.07, 6.45) is 5.58. The average Bonchev–Trinajstić information content (AvgIpc) is 2.15. The van der Waals surface area contributed by atoms with Gasteiger partial charge in [0.1, 0.15) is 12.2 Å². The Labute approximate surface area is 78.6 Å². The van der Waals surface area contributed by atoms with Crippen LogP contribution in [0.5, 0.6) is 0 Å². The minimum absolute atomic E-state index is 0.326. The van der Waals surface area contributed by atoms with Gasteiger partial charge in [-0.15, -0.1) is 0 Å². The lowest BCUT2D eigenvalue weighted by Crippen LogP contribution is -2.24. The molecular formula is C10H17NO2. The van der Waals surface area contributed by atoms with E-state index in [0.717, 1.165) is 12.8 Å². The van der Waals surface area contributed by atoms with Gasteiger partial charge in [-0.05, 0) is 12.3 Å². The molecule has 1 saturated carbocycles. The third-order valence-corrected chi connectivity index (χ3v) is 2.72. The lowest BCUT2D eigenvalue weighted by atomic mass is 9.85. The summed E-state index contributed by atoms with van der Waals surface area (Å²) < 4.78 is 0. The summed E-state index contributed by atoms with van der Waals surface area (Å²) in [5, 5.41) is 9.02. The van der Waals surface area contributed by atoms with Crippen LogP contribution in [0.4, 0.5) is 0 Å². The highest BCUT2D eigenvalue weighted by atomic mass is 16.3. The summed E-state index contributed by atoms with van der Waals surface area (Å²) in [6, 6.07) is 0. The maximum Gasteiger partial charge on any atom is 0.135 e. The molecule has 1 atom stereocenters.